The second-order valence-corrected chi connectivity index (χ2v) is 6.65. The molecule has 0 radical (unpaired) electrons. The molecule has 2 rings (SSSR count). The van der Waals surface area contributed by atoms with Gasteiger partial charge in [0, 0.05) is 11.1 Å². The van der Waals surface area contributed by atoms with Gasteiger partial charge in [-0.3, -0.25) is 20.2 Å². The van der Waals surface area contributed by atoms with Crippen molar-refractivity contribution in [3.63, 3.8) is 0 Å². The average Bonchev–Trinajstić information content (AvgIpc) is 2.52. The van der Waals surface area contributed by atoms with Gasteiger partial charge in [0.15, 0.2) is 5.02 Å². The fraction of sp³-hybridized carbons (Fsp3) is 0.143. The van der Waals surface area contributed by atoms with E-state index in [0.29, 0.717) is 0 Å². The molecule has 30 heavy (non-hydrogen) atoms. The fourth-order valence-corrected chi connectivity index (χ4v) is 3.00. The van der Waals surface area contributed by atoms with Crippen LogP contribution in [0.15, 0.2) is 24.3 Å². The zero-order valence-corrected chi connectivity index (χ0v) is 16.6. The van der Waals surface area contributed by atoms with Crippen LogP contribution in [0.2, 0.25) is 20.1 Å². The quantitative estimate of drug-likeness (QED) is 0.230. The van der Waals surface area contributed by atoms with E-state index >= 15 is 0 Å². The predicted molar refractivity (Wildman–Crippen MR) is 96.2 cm³/mol. The van der Waals surface area contributed by atoms with Crippen LogP contribution < -0.4 is 0 Å². The Morgan fingerprint density at radius 3 is 1.60 bits per heavy atom. The van der Waals surface area contributed by atoms with Gasteiger partial charge >= 0.3 is 18.0 Å². The summed E-state index contributed by atoms with van der Waals surface area (Å²) in [7, 11) is 0. The van der Waals surface area contributed by atoms with Gasteiger partial charge in [0.05, 0.1) is 26.0 Å². The first-order chi connectivity index (χ1) is 13.5. The number of nitro benzene ring substituents is 2. The smallest absolute Gasteiger partial charge is 0.258 e. The third-order valence-electron chi connectivity index (χ3n) is 3.08. The number of nitrogens with zero attached hydrogens (tertiary/aromatic N) is 2. The van der Waals surface area contributed by atoms with Crippen LogP contribution in [0.4, 0.5) is 37.7 Å². The first-order valence-corrected chi connectivity index (χ1v) is 8.39. The standard InChI is InChI=1S/C7HCl2F3N2O4.C7H3Cl2F3/c8-4-2(7(10,11)12)1-3(13(15)16)5(9)6(4)14(17)18;8-4-1-2-5(6(9)3-4)7(10,11)12/h1H;1-3H. The number of hydrogen-bond acceptors (Lipinski definition) is 4. The zero-order valence-electron chi connectivity index (χ0n) is 13.6. The highest BCUT2D eigenvalue weighted by molar-refractivity contribution is 6.40. The highest BCUT2D eigenvalue weighted by Crippen LogP contribution is 2.46. The maximum atomic E-state index is 12.5. The summed E-state index contributed by atoms with van der Waals surface area (Å²) in [5.74, 6) is 0. The van der Waals surface area contributed by atoms with E-state index < -0.39 is 54.7 Å². The normalized spacial score (nSPS) is 11.5. The molecule has 0 spiro atoms. The Morgan fingerprint density at radius 1 is 0.733 bits per heavy atom. The van der Waals surface area contributed by atoms with Crippen molar-refractivity contribution in [1.29, 1.82) is 0 Å². The largest absolute Gasteiger partial charge is 0.418 e. The minimum absolute atomic E-state index is 0.0532. The number of alkyl halides is 6. The molecule has 0 aliphatic carbocycles. The molecule has 0 aliphatic rings. The van der Waals surface area contributed by atoms with Gasteiger partial charge in [-0.25, -0.2) is 0 Å². The number of nitro groups is 2. The van der Waals surface area contributed by atoms with E-state index in [4.69, 9.17) is 46.4 Å². The molecule has 0 saturated heterocycles. The van der Waals surface area contributed by atoms with E-state index in [-0.39, 0.29) is 16.1 Å². The number of benzene rings is 2. The van der Waals surface area contributed by atoms with Gasteiger partial charge in [0.1, 0.15) is 5.02 Å². The highest BCUT2D eigenvalue weighted by Gasteiger charge is 2.41. The molecule has 0 unspecified atom stereocenters. The third kappa shape index (κ3) is 6.24. The molecule has 0 N–H and O–H groups in total. The van der Waals surface area contributed by atoms with Crippen molar-refractivity contribution in [3.05, 3.63) is 75.7 Å². The lowest BCUT2D eigenvalue weighted by atomic mass is 10.1. The van der Waals surface area contributed by atoms with Gasteiger partial charge in [-0.2, -0.15) is 26.3 Å². The van der Waals surface area contributed by atoms with Crippen molar-refractivity contribution in [2.24, 2.45) is 0 Å². The second-order valence-electron chi connectivity index (χ2n) is 5.05. The average molecular weight is 520 g/mol. The minimum atomic E-state index is -5.07. The molecule has 0 bridgehead atoms. The predicted octanol–water partition coefficient (Wildman–Crippen LogP) is 7.84. The number of rotatable bonds is 2. The van der Waals surface area contributed by atoms with Gasteiger partial charge in [-0.1, -0.05) is 46.4 Å². The Kier molecular flexibility index (Phi) is 8.16. The van der Waals surface area contributed by atoms with Gasteiger partial charge in [0.2, 0.25) is 0 Å². The van der Waals surface area contributed by atoms with Crippen molar-refractivity contribution < 1.29 is 36.2 Å². The molecule has 0 aromatic heterocycles. The summed E-state index contributed by atoms with van der Waals surface area (Å²) in [4.78, 5) is 18.4. The topological polar surface area (TPSA) is 86.3 Å². The molecule has 16 heteroatoms. The van der Waals surface area contributed by atoms with Crippen molar-refractivity contribution in [3.8, 4) is 0 Å². The Morgan fingerprint density at radius 2 is 1.23 bits per heavy atom. The maximum Gasteiger partial charge on any atom is 0.418 e. The van der Waals surface area contributed by atoms with E-state index in [1.807, 2.05) is 0 Å². The molecule has 0 aliphatic heterocycles. The Hall–Kier alpha value is -2.02. The summed E-state index contributed by atoms with van der Waals surface area (Å²) in [6, 6.07) is 3.12. The van der Waals surface area contributed by atoms with Crippen LogP contribution in [0.5, 0.6) is 0 Å². The summed E-state index contributed by atoms with van der Waals surface area (Å²) in [6.07, 6.45) is -9.49. The molecule has 0 amide bonds. The van der Waals surface area contributed by atoms with Crippen molar-refractivity contribution in [2.45, 2.75) is 12.4 Å². The molecule has 0 saturated carbocycles. The first-order valence-electron chi connectivity index (χ1n) is 6.88. The van der Waals surface area contributed by atoms with Crippen molar-refractivity contribution in [2.75, 3.05) is 0 Å². The minimum Gasteiger partial charge on any atom is -0.258 e. The molecular formula is C14H4Cl4F6N2O4. The summed E-state index contributed by atoms with van der Waals surface area (Å²) < 4.78 is 73.6. The Labute approximate surface area is 182 Å². The van der Waals surface area contributed by atoms with Crippen molar-refractivity contribution in [1.82, 2.24) is 0 Å². The number of halogens is 10. The fourth-order valence-electron chi connectivity index (χ4n) is 1.83. The lowest BCUT2D eigenvalue weighted by molar-refractivity contribution is -0.394. The molecule has 164 valence electrons. The summed E-state index contributed by atoms with van der Waals surface area (Å²) in [5, 5.41) is 18.5. The van der Waals surface area contributed by atoms with E-state index in [0.717, 1.165) is 18.2 Å². The molecule has 0 fully saturated rings. The van der Waals surface area contributed by atoms with Crippen LogP contribution in [-0.2, 0) is 12.4 Å². The van der Waals surface area contributed by atoms with Gasteiger partial charge in [0.25, 0.3) is 5.69 Å². The van der Waals surface area contributed by atoms with Gasteiger partial charge in [-0.05, 0) is 18.2 Å². The first kappa shape index (κ1) is 26.0. The van der Waals surface area contributed by atoms with Gasteiger partial charge < -0.3 is 0 Å². The lowest BCUT2D eigenvalue weighted by Gasteiger charge is -2.09. The van der Waals surface area contributed by atoms with Crippen LogP contribution in [-0.4, -0.2) is 9.85 Å². The Bertz CT molecular complexity index is 998. The van der Waals surface area contributed by atoms with Crippen molar-refractivity contribution >= 4 is 57.8 Å². The molecular weight excluding hydrogens is 516 g/mol. The summed E-state index contributed by atoms with van der Waals surface area (Å²) in [5.41, 5.74) is -5.14. The van der Waals surface area contributed by atoms with Crippen LogP contribution in [0.3, 0.4) is 0 Å². The molecule has 0 atom stereocenters. The molecule has 6 nitrogen and oxygen atoms in total. The lowest BCUT2D eigenvalue weighted by Crippen LogP contribution is -2.09. The van der Waals surface area contributed by atoms with Crippen LogP contribution >= 0.6 is 46.4 Å². The molecule has 2 aromatic rings. The van der Waals surface area contributed by atoms with E-state index in [1.165, 1.54) is 0 Å². The third-order valence-corrected chi connectivity index (χ3v) is 4.38. The summed E-state index contributed by atoms with van der Waals surface area (Å²) >= 11 is 21.2. The highest BCUT2D eigenvalue weighted by atomic mass is 35.5. The second kappa shape index (κ2) is 9.41. The van der Waals surface area contributed by atoms with Crippen LogP contribution in [0.1, 0.15) is 11.1 Å². The number of hydrogen-bond donors (Lipinski definition) is 0. The Balaban J connectivity index is 0.000000325. The maximum absolute atomic E-state index is 12.5. The van der Waals surface area contributed by atoms with Gasteiger partial charge in [-0.15, -0.1) is 0 Å². The van der Waals surface area contributed by atoms with E-state index in [9.17, 15) is 46.6 Å². The van der Waals surface area contributed by atoms with E-state index in [2.05, 4.69) is 0 Å². The zero-order chi connectivity index (χ0) is 23.6. The van der Waals surface area contributed by atoms with Crippen LogP contribution in [0.25, 0.3) is 0 Å². The van der Waals surface area contributed by atoms with Crippen LogP contribution in [0, 0.1) is 20.2 Å². The SMILES string of the molecule is FC(F)(F)c1ccc(Cl)cc1Cl.O=[N+]([O-])c1cc(C(F)(F)F)c(Cl)c([N+](=O)[O-])c1Cl. The van der Waals surface area contributed by atoms with E-state index in [1.54, 1.807) is 0 Å². The molecule has 2 aromatic carbocycles. The monoisotopic (exact) mass is 518 g/mol. The molecule has 0 heterocycles. The summed E-state index contributed by atoms with van der Waals surface area (Å²) in [6.45, 7) is 0.